The highest BCUT2D eigenvalue weighted by Gasteiger charge is 2.38. The van der Waals surface area contributed by atoms with E-state index in [1.165, 1.54) is 11.0 Å². The van der Waals surface area contributed by atoms with Crippen molar-refractivity contribution < 1.29 is 19.8 Å². The first-order valence-electron chi connectivity index (χ1n) is 7.27. The molecule has 1 aromatic carbocycles. The number of phenols is 1. The summed E-state index contributed by atoms with van der Waals surface area (Å²) in [4.78, 5) is 25.2. The maximum Gasteiger partial charge on any atom is 0.257 e. The summed E-state index contributed by atoms with van der Waals surface area (Å²) in [6, 6.07) is 4.70. The number of carbonyl (C=O) groups is 2. The average molecular weight is 319 g/mol. The van der Waals surface area contributed by atoms with Gasteiger partial charge >= 0.3 is 0 Å². The number of rotatable bonds is 5. The molecule has 0 aromatic heterocycles. The summed E-state index contributed by atoms with van der Waals surface area (Å²) in [6.45, 7) is 3.77. The van der Waals surface area contributed by atoms with E-state index in [1.807, 2.05) is 13.8 Å². The lowest BCUT2D eigenvalue weighted by molar-refractivity contribution is -0.124. The zero-order valence-corrected chi connectivity index (χ0v) is 13.5. The molecule has 1 amide bonds. The Hall–Kier alpha value is -2.54. The van der Waals surface area contributed by atoms with Crippen molar-refractivity contribution in [1.29, 1.82) is 0 Å². The molecule has 1 unspecified atom stereocenters. The molecule has 1 aliphatic carbocycles. The second-order valence-corrected chi connectivity index (χ2v) is 5.88. The number of aliphatic hydroxyl groups is 1. The van der Waals surface area contributed by atoms with Crippen LogP contribution in [0.1, 0.15) is 24.2 Å². The highest BCUT2D eigenvalue weighted by molar-refractivity contribution is 6.11. The van der Waals surface area contributed by atoms with E-state index in [1.54, 1.807) is 26.2 Å². The molecule has 0 spiro atoms. The van der Waals surface area contributed by atoms with Gasteiger partial charge in [-0.3, -0.25) is 9.59 Å². The van der Waals surface area contributed by atoms with Crippen molar-refractivity contribution in [2.45, 2.75) is 26.0 Å². The van der Waals surface area contributed by atoms with Crippen LogP contribution in [0.5, 0.6) is 5.75 Å². The van der Waals surface area contributed by atoms with Crippen LogP contribution in [0.15, 0.2) is 29.6 Å². The summed E-state index contributed by atoms with van der Waals surface area (Å²) >= 11 is 0. The van der Waals surface area contributed by atoms with Gasteiger partial charge in [-0.05, 0) is 26.0 Å². The molecule has 124 valence electrons. The molecule has 1 aliphatic rings. The molecule has 0 saturated heterocycles. The van der Waals surface area contributed by atoms with Gasteiger partial charge in [0.05, 0.1) is 16.9 Å². The largest absolute Gasteiger partial charge is 0.505 e. The molecule has 23 heavy (non-hydrogen) atoms. The fraction of sp³-hybridized carbons (Fsp3) is 0.375. The number of para-hydroxylation sites is 1. The van der Waals surface area contributed by atoms with Crippen LogP contribution < -0.4 is 10.6 Å². The van der Waals surface area contributed by atoms with E-state index in [9.17, 15) is 19.8 Å². The predicted octanol–water partition coefficient (Wildman–Crippen LogP) is 0.659. The van der Waals surface area contributed by atoms with Gasteiger partial charge in [-0.1, -0.05) is 6.07 Å². The van der Waals surface area contributed by atoms with E-state index >= 15 is 0 Å². The second-order valence-electron chi connectivity index (χ2n) is 5.88. The van der Waals surface area contributed by atoms with Gasteiger partial charge < -0.3 is 25.7 Å². The van der Waals surface area contributed by atoms with E-state index < -0.39 is 11.9 Å². The summed E-state index contributed by atoms with van der Waals surface area (Å²) < 4.78 is 0. The highest BCUT2D eigenvalue weighted by Crippen LogP contribution is 2.32. The lowest BCUT2D eigenvalue weighted by Crippen LogP contribution is -2.47. The minimum Gasteiger partial charge on any atom is -0.505 e. The number of amides is 1. The molecular formula is C16H21N3O4. The zero-order chi connectivity index (χ0) is 17.3. The molecule has 0 bridgehead atoms. The second kappa shape index (κ2) is 6.29. The number of phenolic OH excluding ortho intramolecular Hbond substituents is 1. The quantitative estimate of drug-likeness (QED) is 0.595. The molecule has 7 nitrogen and oxygen atoms in total. The summed E-state index contributed by atoms with van der Waals surface area (Å²) in [5, 5.41) is 25.8. The number of nitrogens with one attached hydrogen (secondary N) is 2. The molecule has 2 rings (SSSR count). The third-order valence-corrected chi connectivity index (χ3v) is 3.41. The Balaban J connectivity index is 2.34. The van der Waals surface area contributed by atoms with Crippen LogP contribution in [-0.4, -0.2) is 53.0 Å². The van der Waals surface area contributed by atoms with Crippen LogP contribution in [0, 0.1) is 0 Å². The minimum atomic E-state index is -1.19. The van der Waals surface area contributed by atoms with E-state index in [0.29, 0.717) is 5.70 Å². The van der Waals surface area contributed by atoms with Gasteiger partial charge in [-0.2, -0.15) is 0 Å². The van der Waals surface area contributed by atoms with Crippen LogP contribution in [0.4, 0.5) is 5.69 Å². The number of carbonyl (C=O) groups excluding carboxylic acids is 2. The van der Waals surface area contributed by atoms with E-state index in [0.717, 1.165) is 0 Å². The summed E-state index contributed by atoms with van der Waals surface area (Å²) in [5.74, 6) is -1.05. The van der Waals surface area contributed by atoms with E-state index in [-0.39, 0.29) is 34.6 Å². The van der Waals surface area contributed by atoms with E-state index in [4.69, 9.17) is 0 Å². The van der Waals surface area contributed by atoms with Gasteiger partial charge in [0.15, 0.2) is 11.9 Å². The number of anilines is 1. The van der Waals surface area contributed by atoms with Crippen molar-refractivity contribution in [3.63, 3.8) is 0 Å². The van der Waals surface area contributed by atoms with Crippen molar-refractivity contribution in [2.24, 2.45) is 0 Å². The fourth-order valence-corrected chi connectivity index (χ4v) is 2.24. The topological polar surface area (TPSA) is 102 Å². The molecule has 0 fully saturated rings. The normalized spacial score (nSPS) is 17.1. The predicted molar refractivity (Wildman–Crippen MR) is 86.1 cm³/mol. The molecule has 0 radical (unpaired) electrons. The maximum atomic E-state index is 12.0. The molecule has 0 saturated carbocycles. The van der Waals surface area contributed by atoms with Crippen LogP contribution >= 0.6 is 0 Å². The van der Waals surface area contributed by atoms with Crippen LogP contribution in [0.3, 0.4) is 0 Å². The Labute approximate surface area is 134 Å². The summed E-state index contributed by atoms with van der Waals surface area (Å²) in [5.41, 5.74) is 0.937. The number of hydrogen-bond acceptors (Lipinski definition) is 6. The molecule has 4 N–H and O–H groups in total. The number of hydrogen-bond donors (Lipinski definition) is 4. The Morgan fingerprint density at radius 3 is 2.52 bits per heavy atom. The number of ketones is 1. The molecule has 0 aliphatic heterocycles. The lowest BCUT2D eigenvalue weighted by atomic mass is 9.94. The molecule has 7 heteroatoms. The van der Waals surface area contributed by atoms with Gasteiger partial charge in [0.1, 0.15) is 5.70 Å². The number of Topliss-reactive ketones (excluding diaryl/α,β-unsaturated/α-hetero) is 1. The number of aliphatic hydroxyl groups excluding tert-OH is 1. The van der Waals surface area contributed by atoms with Crippen molar-refractivity contribution in [3.05, 3.63) is 35.2 Å². The van der Waals surface area contributed by atoms with Gasteiger partial charge in [0, 0.05) is 20.1 Å². The Morgan fingerprint density at radius 1 is 1.30 bits per heavy atom. The first-order chi connectivity index (χ1) is 10.7. The third kappa shape index (κ3) is 3.14. The lowest BCUT2D eigenvalue weighted by Gasteiger charge is -2.31. The van der Waals surface area contributed by atoms with Crippen molar-refractivity contribution in [3.8, 4) is 5.75 Å². The van der Waals surface area contributed by atoms with Gasteiger partial charge in [-0.15, -0.1) is 0 Å². The van der Waals surface area contributed by atoms with Gasteiger partial charge in [0.2, 0.25) is 5.78 Å². The molecule has 0 heterocycles. The number of benzene rings is 1. The first-order valence-corrected chi connectivity index (χ1v) is 7.27. The average Bonchev–Trinajstić information content (AvgIpc) is 2.50. The van der Waals surface area contributed by atoms with Crippen molar-refractivity contribution in [2.75, 3.05) is 19.4 Å². The Bertz CT molecular complexity index is 680. The highest BCUT2D eigenvalue weighted by atomic mass is 16.3. The molecule has 1 aromatic rings. The van der Waals surface area contributed by atoms with Crippen LogP contribution in [0.25, 0.3) is 0 Å². The summed E-state index contributed by atoms with van der Waals surface area (Å²) in [7, 11) is 3.17. The molecule has 1 atom stereocenters. The molecular weight excluding hydrogens is 298 g/mol. The van der Waals surface area contributed by atoms with Crippen molar-refractivity contribution in [1.82, 2.24) is 10.2 Å². The zero-order valence-electron chi connectivity index (χ0n) is 13.5. The Morgan fingerprint density at radius 2 is 1.96 bits per heavy atom. The number of aromatic hydroxyl groups is 1. The minimum absolute atomic E-state index is 0.0415. The van der Waals surface area contributed by atoms with E-state index in [2.05, 4.69) is 10.6 Å². The third-order valence-electron chi connectivity index (χ3n) is 3.41. The fourth-order valence-electron chi connectivity index (χ4n) is 2.24. The monoisotopic (exact) mass is 319 g/mol. The number of nitrogens with zero attached hydrogens (tertiary/aromatic N) is 1. The first kappa shape index (κ1) is 16.8. The maximum absolute atomic E-state index is 12.0. The van der Waals surface area contributed by atoms with Gasteiger partial charge in [-0.25, -0.2) is 0 Å². The van der Waals surface area contributed by atoms with Gasteiger partial charge in [0.25, 0.3) is 5.91 Å². The van der Waals surface area contributed by atoms with Crippen LogP contribution in [-0.2, 0) is 4.79 Å². The van der Waals surface area contributed by atoms with Crippen LogP contribution in [0.2, 0.25) is 0 Å². The SMILES string of the molecule is CC(C)NC1=C(Nc2cccc(C(=O)N(C)C)c2O)C(=O)C1O. The standard InChI is InChI=1S/C16H21N3O4/c1-8(2)17-11-12(15(22)14(11)21)18-10-7-5-6-9(13(10)20)16(23)19(3)4/h5-8,14,17-18,20-21H,1-4H3. The summed E-state index contributed by atoms with van der Waals surface area (Å²) in [6.07, 6.45) is -1.19. The van der Waals surface area contributed by atoms with Crippen molar-refractivity contribution >= 4 is 17.4 Å². The smallest absolute Gasteiger partial charge is 0.257 e. The Kier molecular flexibility index (Phi) is 4.60.